The number of rotatable bonds is 3. The average Bonchev–Trinajstić information content (AvgIpc) is 2.31. The van der Waals surface area contributed by atoms with Crippen LogP contribution in [0.25, 0.3) is 0 Å². The number of hydrogen-bond donors (Lipinski definition) is 0. The maximum Gasteiger partial charge on any atom is 0.175 e. The highest BCUT2D eigenvalue weighted by Crippen LogP contribution is 2.23. The number of ether oxygens (including phenoxy) is 1. The van der Waals surface area contributed by atoms with Crippen LogP contribution in [0.4, 0.5) is 4.39 Å². The van der Waals surface area contributed by atoms with E-state index < -0.39 is 9.84 Å². The summed E-state index contributed by atoms with van der Waals surface area (Å²) in [5.41, 5.74) is 0. The molecular formula is C13H11FO3S. The summed E-state index contributed by atoms with van der Waals surface area (Å²) >= 11 is 0. The van der Waals surface area contributed by atoms with Crippen molar-refractivity contribution in [2.75, 3.05) is 6.26 Å². The summed E-state index contributed by atoms with van der Waals surface area (Å²) in [7, 11) is -3.26. The van der Waals surface area contributed by atoms with E-state index in [0.29, 0.717) is 11.5 Å². The minimum absolute atomic E-state index is 0.183. The van der Waals surface area contributed by atoms with Gasteiger partial charge in [-0.05, 0) is 42.5 Å². The minimum atomic E-state index is -3.26. The van der Waals surface area contributed by atoms with E-state index in [1.54, 1.807) is 12.1 Å². The Hall–Kier alpha value is -1.88. The third-order valence-corrected chi connectivity index (χ3v) is 3.39. The fraction of sp³-hybridized carbons (Fsp3) is 0.0769. The molecule has 2 aromatic rings. The predicted molar refractivity (Wildman–Crippen MR) is 66.0 cm³/mol. The van der Waals surface area contributed by atoms with Crippen molar-refractivity contribution in [2.24, 2.45) is 0 Å². The molecule has 0 aliphatic rings. The zero-order valence-electron chi connectivity index (χ0n) is 9.63. The maximum atomic E-state index is 12.7. The molecule has 0 N–H and O–H groups in total. The molecule has 0 aromatic heterocycles. The van der Waals surface area contributed by atoms with Gasteiger partial charge in [0.25, 0.3) is 0 Å². The second-order valence-corrected chi connectivity index (χ2v) is 5.82. The molecular weight excluding hydrogens is 255 g/mol. The first-order chi connectivity index (χ1) is 8.45. The smallest absolute Gasteiger partial charge is 0.175 e. The Morgan fingerprint density at radius 1 is 1.00 bits per heavy atom. The van der Waals surface area contributed by atoms with Crippen molar-refractivity contribution in [3.63, 3.8) is 0 Å². The Balaban J connectivity index is 2.27. The lowest BCUT2D eigenvalue weighted by Gasteiger charge is -2.06. The molecule has 0 amide bonds. The molecule has 0 aliphatic carbocycles. The van der Waals surface area contributed by atoms with Crippen LogP contribution >= 0.6 is 0 Å². The highest BCUT2D eigenvalue weighted by Gasteiger charge is 2.08. The van der Waals surface area contributed by atoms with Crippen LogP contribution in [0.3, 0.4) is 0 Å². The second-order valence-electron chi connectivity index (χ2n) is 3.80. The average molecular weight is 266 g/mol. The summed E-state index contributed by atoms with van der Waals surface area (Å²) in [5, 5.41) is 0. The first-order valence-corrected chi connectivity index (χ1v) is 7.08. The largest absolute Gasteiger partial charge is 0.457 e. The molecule has 18 heavy (non-hydrogen) atoms. The van der Waals surface area contributed by atoms with Crippen molar-refractivity contribution in [3.05, 3.63) is 54.3 Å². The van der Waals surface area contributed by atoms with Crippen molar-refractivity contribution >= 4 is 9.84 Å². The highest BCUT2D eigenvalue weighted by atomic mass is 32.2. The number of hydrogen-bond acceptors (Lipinski definition) is 3. The Morgan fingerprint density at radius 2 is 1.67 bits per heavy atom. The van der Waals surface area contributed by atoms with E-state index in [4.69, 9.17) is 4.74 Å². The van der Waals surface area contributed by atoms with Gasteiger partial charge in [0.2, 0.25) is 0 Å². The summed E-state index contributed by atoms with van der Waals surface area (Å²) in [6, 6.07) is 11.6. The fourth-order valence-corrected chi connectivity index (χ4v) is 2.06. The van der Waals surface area contributed by atoms with E-state index in [1.807, 2.05) is 0 Å². The molecule has 3 nitrogen and oxygen atoms in total. The van der Waals surface area contributed by atoms with Crippen LogP contribution < -0.4 is 4.74 Å². The highest BCUT2D eigenvalue weighted by molar-refractivity contribution is 7.90. The van der Waals surface area contributed by atoms with Crippen molar-refractivity contribution in [1.29, 1.82) is 0 Å². The fourth-order valence-electron chi connectivity index (χ4n) is 1.41. The molecule has 0 spiro atoms. The summed E-state index contributed by atoms with van der Waals surface area (Å²) < 4.78 is 40.9. The zero-order chi connectivity index (χ0) is 13.2. The lowest BCUT2D eigenvalue weighted by Crippen LogP contribution is -1.97. The van der Waals surface area contributed by atoms with E-state index in [1.165, 1.54) is 36.4 Å². The molecule has 0 unspecified atom stereocenters. The van der Waals surface area contributed by atoms with Crippen molar-refractivity contribution in [3.8, 4) is 11.5 Å². The Bertz CT molecular complexity index is 648. The van der Waals surface area contributed by atoms with Gasteiger partial charge in [0.05, 0.1) is 4.90 Å². The summed E-state index contributed by atoms with van der Waals surface area (Å²) in [6.45, 7) is 0. The van der Waals surface area contributed by atoms with Crippen LogP contribution in [-0.4, -0.2) is 14.7 Å². The molecule has 0 saturated carbocycles. The Morgan fingerprint density at radius 3 is 2.28 bits per heavy atom. The minimum Gasteiger partial charge on any atom is -0.457 e. The molecule has 0 fully saturated rings. The molecule has 5 heteroatoms. The summed E-state index contributed by atoms with van der Waals surface area (Å²) in [6.07, 6.45) is 1.13. The first kappa shape index (κ1) is 12.6. The van der Waals surface area contributed by atoms with E-state index in [2.05, 4.69) is 0 Å². The van der Waals surface area contributed by atoms with Crippen molar-refractivity contribution in [1.82, 2.24) is 0 Å². The van der Waals surface area contributed by atoms with Gasteiger partial charge in [-0.25, -0.2) is 12.8 Å². The third-order valence-electron chi connectivity index (χ3n) is 2.28. The molecule has 0 atom stereocenters. The van der Waals surface area contributed by atoms with Gasteiger partial charge in [-0.2, -0.15) is 0 Å². The summed E-state index contributed by atoms with van der Waals surface area (Å²) in [4.78, 5) is 0.183. The molecule has 0 bridgehead atoms. The lowest BCUT2D eigenvalue weighted by atomic mass is 10.3. The van der Waals surface area contributed by atoms with Gasteiger partial charge in [-0.3, -0.25) is 0 Å². The quantitative estimate of drug-likeness (QED) is 0.857. The zero-order valence-corrected chi connectivity index (χ0v) is 10.4. The Kier molecular flexibility index (Phi) is 3.34. The molecule has 0 saturated heterocycles. The topological polar surface area (TPSA) is 43.4 Å². The van der Waals surface area contributed by atoms with E-state index in [0.717, 1.165) is 6.26 Å². The van der Waals surface area contributed by atoms with Gasteiger partial charge in [-0.15, -0.1) is 0 Å². The lowest BCUT2D eigenvalue weighted by molar-refractivity contribution is 0.478. The van der Waals surface area contributed by atoms with Gasteiger partial charge in [-0.1, -0.05) is 6.07 Å². The second kappa shape index (κ2) is 4.78. The van der Waals surface area contributed by atoms with Crippen LogP contribution in [0.5, 0.6) is 11.5 Å². The number of benzene rings is 2. The molecule has 0 heterocycles. The van der Waals surface area contributed by atoms with Crippen LogP contribution in [0.15, 0.2) is 53.4 Å². The van der Waals surface area contributed by atoms with Gasteiger partial charge >= 0.3 is 0 Å². The van der Waals surface area contributed by atoms with Crippen LogP contribution in [0.2, 0.25) is 0 Å². The van der Waals surface area contributed by atoms with Crippen LogP contribution in [-0.2, 0) is 9.84 Å². The van der Waals surface area contributed by atoms with Gasteiger partial charge < -0.3 is 4.74 Å². The molecule has 2 rings (SSSR count). The van der Waals surface area contributed by atoms with Crippen molar-refractivity contribution < 1.29 is 17.5 Å². The van der Waals surface area contributed by atoms with Crippen molar-refractivity contribution in [2.45, 2.75) is 4.90 Å². The van der Waals surface area contributed by atoms with E-state index in [-0.39, 0.29) is 10.7 Å². The van der Waals surface area contributed by atoms with E-state index >= 15 is 0 Å². The number of sulfone groups is 1. The maximum absolute atomic E-state index is 12.7. The third kappa shape index (κ3) is 3.07. The number of halogens is 1. The summed E-state index contributed by atoms with van der Waals surface area (Å²) in [5.74, 6) is 0.485. The standard InChI is InChI=1S/C13H11FO3S/c1-18(15,16)13-4-2-3-12(9-13)17-11-7-5-10(14)6-8-11/h2-9H,1H3. The van der Waals surface area contributed by atoms with Gasteiger partial charge in [0.15, 0.2) is 9.84 Å². The monoisotopic (exact) mass is 266 g/mol. The SMILES string of the molecule is CS(=O)(=O)c1cccc(Oc2ccc(F)cc2)c1. The molecule has 0 aliphatic heterocycles. The van der Waals surface area contributed by atoms with Gasteiger partial charge in [0, 0.05) is 6.26 Å². The molecule has 94 valence electrons. The van der Waals surface area contributed by atoms with Gasteiger partial charge in [0.1, 0.15) is 17.3 Å². The normalized spacial score (nSPS) is 11.2. The van der Waals surface area contributed by atoms with E-state index in [9.17, 15) is 12.8 Å². The van der Waals surface area contributed by atoms with Crippen LogP contribution in [0, 0.1) is 5.82 Å². The molecule has 2 aromatic carbocycles. The predicted octanol–water partition coefficient (Wildman–Crippen LogP) is 3.02. The molecule has 0 radical (unpaired) electrons. The first-order valence-electron chi connectivity index (χ1n) is 5.19. The Labute approximate surface area is 105 Å². The van der Waals surface area contributed by atoms with Crippen LogP contribution in [0.1, 0.15) is 0 Å².